The van der Waals surface area contributed by atoms with Crippen LogP contribution in [0.2, 0.25) is 0 Å². The van der Waals surface area contributed by atoms with Gasteiger partial charge in [-0.1, -0.05) is 0 Å². The minimum absolute atomic E-state index is 0.0332. The summed E-state index contributed by atoms with van der Waals surface area (Å²) < 4.78 is 26.3. The Labute approximate surface area is 86.9 Å². The largest absolute Gasteiger partial charge is 0.396 e. The molecule has 1 saturated heterocycles. The van der Waals surface area contributed by atoms with Gasteiger partial charge in [0.15, 0.2) is 0 Å². The quantitative estimate of drug-likeness (QED) is 0.774. The molecule has 1 aromatic heterocycles. The average Bonchev–Trinajstić information content (AvgIpc) is 2.17. The van der Waals surface area contributed by atoms with Gasteiger partial charge in [-0.3, -0.25) is 4.98 Å². The van der Waals surface area contributed by atoms with E-state index in [-0.39, 0.29) is 13.0 Å². The SMILES string of the molecule is Nc1cnccc1N1CCCC(F)(F)C1. The van der Waals surface area contributed by atoms with Crippen LogP contribution in [0.15, 0.2) is 18.5 Å². The van der Waals surface area contributed by atoms with E-state index in [4.69, 9.17) is 5.73 Å². The van der Waals surface area contributed by atoms with E-state index in [0.717, 1.165) is 0 Å². The molecule has 0 saturated carbocycles. The average molecular weight is 213 g/mol. The highest BCUT2D eigenvalue weighted by Gasteiger charge is 2.35. The van der Waals surface area contributed by atoms with E-state index in [2.05, 4.69) is 4.98 Å². The van der Waals surface area contributed by atoms with Crippen LogP contribution in [0, 0.1) is 0 Å². The van der Waals surface area contributed by atoms with Crippen molar-refractivity contribution in [3.05, 3.63) is 18.5 Å². The maximum Gasteiger partial charge on any atom is 0.265 e. The Morgan fingerprint density at radius 1 is 1.47 bits per heavy atom. The number of alkyl halides is 2. The van der Waals surface area contributed by atoms with Crippen LogP contribution in [0.5, 0.6) is 0 Å². The Bertz CT molecular complexity index is 354. The molecule has 2 heterocycles. The van der Waals surface area contributed by atoms with Crippen molar-refractivity contribution in [1.82, 2.24) is 4.98 Å². The molecule has 0 atom stereocenters. The lowest BCUT2D eigenvalue weighted by Gasteiger charge is -2.34. The van der Waals surface area contributed by atoms with Gasteiger partial charge in [0, 0.05) is 19.2 Å². The lowest BCUT2D eigenvalue weighted by molar-refractivity contribution is -0.0116. The Morgan fingerprint density at radius 3 is 2.93 bits per heavy atom. The predicted molar refractivity (Wildman–Crippen MR) is 55.0 cm³/mol. The fourth-order valence-corrected chi connectivity index (χ4v) is 1.86. The van der Waals surface area contributed by atoms with E-state index in [1.54, 1.807) is 17.2 Å². The van der Waals surface area contributed by atoms with Crippen molar-refractivity contribution in [3.63, 3.8) is 0 Å². The number of halogens is 2. The van der Waals surface area contributed by atoms with Crippen molar-refractivity contribution < 1.29 is 8.78 Å². The summed E-state index contributed by atoms with van der Waals surface area (Å²) in [5.41, 5.74) is 6.80. The van der Waals surface area contributed by atoms with Gasteiger partial charge in [-0.05, 0) is 12.5 Å². The van der Waals surface area contributed by atoms with Gasteiger partial charge in [-0.25, -0.2) is 8.78 Å². The zero-order valence-corrected chi connectivity index (χ0v) is 8.29. The maximum atomic E-state index is 13.2. The monoisotopic (exact) mass is 213 g/mol. The van der Waals surface area contributed by atoms with E-state index in [9.17, 15) is 8.78 Å². The zero-order valence-electron chi connectivity index (χ0n) is 8.29. The standard InChI is InChI=1S/C10H13F2N3/c11-10(12)3-1-5-15(7-10)9-2-4-14-6-8(9)13/h2,4,6H,1,3,5,7,13H2. The summed E-state index contributed by atoms with van der Waals surface area (Å²) in [6.07, 6.45) is 3.52. The number of nitrogen functional groups attached to an aromatic ring is 1. The van der Waals surface area contributed by atoms with Gasteiger partial charge in [-0.2, -0.15) is 0 Å². The second kappa shape index (κ2) is 3.64. The van der Waals surface area contributed by atoms with E-state index in [0.29, 0.717) is 24.3 Å². The topological polar surface area (TPSA) is 42.1 Å². The number of hydrogen-bond donors (Lipinski definition) is 1. The van der Waals surface area contributed by atoms with Crippen LogP contribution >= 0.6 is 0 Å². The summed E-state index contributed by atoms with van der Waals surface area (Å²) in [5, 5.41) is 0. The maximum absolute atomic E-state index is 13.2. The predicted octanol–water partition coefficient (Wildman–Crippen LogP) is 1.90. The first-order valence-electron chi connectivity index (χ1n) is 4.91. The highest BCUT2D eigenvalue weighted by Crippen LogP contribution is 2.31. The van der Waals surface area contributed by atoms with Gasteiger partial charge < -0.3 is 10.6 Å². The summed E-state index contributed by atoms with van der Waals surface area (Å²) in [6, 6.07) is 1.68. The molecule has 2 rings (SSSR count). The number of anilines is 2. The molecule has 1 aliphatic rings. The third-order valence-electron chi connectivity index (χ3n) is 2.56. The molecule has 1 aromatic rings. The number of piperidine rings is 1. The number of aromatic nitrogens is 1. The van der Waals surface area contributed by atoms with Crippen molar-refractivity contribution in [2.45, 2.75) is 18.8 Å². The summed E-state index contributed by atoms with van der Waals surface area (Å²) in [6.45, 7) is 0.380. The highest BCUT2D eigenvalue weighted by molar-refractivity contribution is 5.66. The molecule has 0 spiro atoms. The first-order chi connectivity index (χ1) is 7.08. The fraction of sp³-hybridized carbons (Fsp3) is 0.500. The summed E-state index contributed by atoms with van der Waals surface area (Å²) in [4.78, 5) is 5.46. The number of nitrogens with two attached hydrogens (primary N) is 1. The smallest absolute Gasteiger partial charge is 0.265 e. The van der Waals surface area contributed by atoms with Crippen LogP contribution in [0.1, 0.15) is 12.8 Å². The van der Waals surface area contributed by atoms with E-state index in [1.807, 2.05) is 0 Å². The lowest BCUT2D eigenvalue weighted by Crippen LogP contribution is -2.42. The normalized spacial score (nSPS) is 20.3. The van der Waals surface area contributed by atoms with Crippen LogP contribution < -0.4 is 10.6 Å². The molecular formula is C10H13F2N3. The van der Waals surface area contributed by atoms with Gasteiger partial charge in [-0.15, -0.1) is 0 Å². The van der Waals surface area contributed by atoms with E-state index >= 15 is 0 Å². The van der Waals surface area contributed by atoms with Crippen LogP contribution in [-0.4, -0.2) is 24.0 Å². The Kier molecular flexibility index (Phi) is 2.46. The fourth-order valence-electron chi connectivity index (χ4n) is 1.86. The lowest BCUT2D eigenvalue weighted by atomic mass is 10.1. The third kappa shape index (κ3) is 2.16. The van der Waals surface area contributed by atoms with Gasteiger partial charge in [0.05, 0.1) is 24.1 Å². The van der Waals surface area contributed by atoms with Crippen LogP contribution in [-0.2, 0) is 0 Å². The molecule has 0 bridgehead atoms. The number of nitrogens with zero attached hydrogens (tertiary/aromatic N) is 2. The molecule has 0 radical (unpaired) electrons. The third-order valence-corrected chi connectivity index (χ3v) is 2.56. The van der Waals surface area contributed by atoms with Crippen molar-refractivity contribution in [3.8, 4) is 0 Å². The van der Waals surface area contributed by atoms with Crippen molar-refractivity contribution in [1.29, 1.82) is 0 Å². The molecule has 2 N–H and O–H groups in total. The van der Waals surface area contributed by atoms with Crippen molar-refractivity contribution >= 4 is 11.4 Å². The Hall–Kier alpha value is -1.39. The molecule has 0 aliphatic carbocycles. The summed E-state index contributed by atoms with van der Waals surface area (Å²) >= 11 is 0. The second-order valence-corrected chi connectivity index (χ2v) is 3.82. The molecule has 0 amide bonds. The van der Waals surface area contributed by atoms with E-state index < -0.39 is 5.92 Å². The van der Waals surface area contributed by atoms with Crippen LogP contribution in [0.25, 0.3) is 0 Å². The molecule has 0 unspecified atom stereocenters. The molecular weight excluding hydrogens is 200 g/mol. The van der Waals surface area contributed by atoms with Crippen LogP contribution in [0.3, 0.4) is 0 Å². The molecule has 82 valence electrons. The van der Waals surface area contributed by atoms with Crippen LogP contribution in [0.4, 0.5) is 20.2 Å². The number of pyridine rings is 1. The van der Waals surface area contributed by atoms with E-state index in [1.165, 1.54) is 6.20 Å². The molecule has 5 heteroatoms. The first-order valence-corrected chi connectivity index (χ1v) is 4.91. The second-order valence-electron chi connectivity index (χ2n) is 3.82. The molecule has 3 nitrogen and oxygen atoms in total. The van der Waals surface area contributed by atoms with Crippen molar-refractivity contribution in [2.24, 2.45) is 0 Å². The first kappa shape index (κ1) is 10.1. The number of rotatable bonds is 1. The molecule has 15 heavy (non-hydrogen) atoms. The molecule has 1 fully saturated rings. The number of hydrogen-bond acceptors (Lipinski definition) is 3. The van der Waals surface area contributed by atoms with Gasteiger partial charge in [0.25, 0.3) is 5.92 Å². The van der Waals surface area contributed by atoms with Gasteiger partial charge in [0.1, 0.15) is 0 Å². The summed E-state index contributed by atoms with van der Waals surface area (Å²) in [7, 11) is 0. The highest BCUT2D eigenvalue weighted by atomic mass is 19.3. The Morgan fingerprint density at radius 2 is 2.27 bits per heavy atom. The minimum atomic E-state index is -2.60. The van der Waals surface area contributed by atoms with Crippen molar-refractivity contribution in [2.75, 3.05) is 23.7 Å². The Balaban J connectivity index is 2.21. The minimum Gasteiger partial charge on any atom is -0.396 e. The molecule has 0 aromatic carbocycles. The molecule has 1 aliphatic heterocycles. The summed E-state index contributed by atoms with van der Waals surface area (Å²) in [5.74, 6) is -2.60. The zero-order chi connectivity index (χ0) is 10.9. The van der Waals surface area contributed by atoms with Gasteiger partial charge >= 0.3 is 0 Å². The van der Waals surface area contributed by atoms with Gasteiger partial charge in [0.2, 0.25) is 0 Å².